The van der Waals surface area contributed by atoms with Crippen LogP contribution in [0.1, 0.15) is 11.1 Å². The Labute approximate surface area is 177 Å². The van der Waals surface area contributed by atoms with E-state index in [0.717, 1.165) is 25.2 Å². The molecule has 7 nitrogen and oxygen atoms in total. The van der Waals surface area contributed by atoms with Gasteiger partial charge in [0.1, 0.15) is 16.9 Å². The van der Waals surface area contributed by atoms with Crippen LogP contribution in [0.3, 0.4) is 0 Å². The average Bonchev–Trinajstić information content (AvgIpc) is 3.05. The Morgan fingerprint density at radius 2 is 2.10 bits per heavy atom. The molecule has 0 aliphatic carbocycles. The molecule has 2 aromatic heterocycles. The molecule has 2 N–H and O–H groups in total. The lowest BCUT2D eigenvalue weighted by atomic mass is 10.0. The first-order valence-electron chi connectivity index (χ1n) is 10.1. The molecule has 0 saturated heterocycles. The maximum Gasteiger partial charge on any atom is 0.278 e. The van der Waals surface area contributed by atoms with Crippen molar-refractivity contribution in [1.82, 2.24) is 24.6 Å². The van der Waals surface area contributed by atoms with E-state index in [0.29, 0.717) is 17.0 Å². The Balaban J connectivity index is 1.62. The topological polar surface area (TPSA) is 76.8 Å². The molecule has 0 bridgehead atoms. The number of fused-ring (bicyclic) bond motifs is 2. The van der Waals surface area contributed by atoms with Gasteiger partial charge in [0.2, 0.25) is 5.95 Å². The summed E-state index contributed by atoms with van der Waals surface area (Å²) in [6.45, 7) is 5.74. The van der Waals surface area contributed by atoms with Gasteiger partial charge in [-0.3, -0.25) is 4.79 Å². The minimum atomic E-state index is -0.450. The van der Waals surface area contributed by atoms with Crippen molar-refractivity contribution in [3.05, 3.63) is 88.6 Å². The molecular formula is C23H21FN6O. The summed E-state index contributed by atoms with van der Waals surface area (Å²) in [5, 5.41) is 6.89. The Bertz CT molecular complexity index is 1360. The number of para-hydroxylation sites is 1. The number of nitrogens with one attached hydrogen (secondary N) is 2. The maximum absolute atomic E-state index is 14.6. The molecule has 31 heavy (non-hydrogen) atoms. The normalized spacial score (nSPS) is 13.2. The smallest absolute Gasteiger partial charge is 0.278 e. The fourth-order valence-corrected chi connectivity index (χ4v) is 3.93. The third kappa shape index (κ3) is 3.40. The molecule has 0 radical (unpaired) electrons. The molecule has 1 aliphatic heterocycles. The lowest BCUT2D eigenvalue weighted by Gasteiger charge is -2.18. The summed E-state index contributed by atoms with van der Waals surface area (Å²) in [6.07, 6.45) is 4.03. The van der Waals surface area contributed by atoms with Crippen molar-refractivity contribution < 1.29 is 4.39 Å². The Morgan fingerprint density at radius 3 is 2.94 bits per heavy atom. The van der Waals surface area contributed by atoms with E-state index in [-0.39, 0.29) is 17.8 Å². The monoisotopic (exact) mass is 416 g/mol. The first-order chi connectivity index (χ1) is 15.2. The molecule has 1 aliphatic rings. The second-order valence-electron chi connectivity index (χ2n) is 7.41. The van der Waals surface area contributed by atoms with Gasteiger partial charge in [0.05, 0.1) is 6.54 Å². The van der Waals surface area contributed by atoms with Gasteiger partial charge in [-0.15, -0.1) is 6.58 Å². The molecule has 5 rings (SSSR count). The largest absolute Gasteiger partial charge is 0.324 e. The molecule has 0 amide bonds. The quantitative estimate of drug-likeness (QED) is 0.488. The summed E-state index contributed by atoms with van der Waals surface area (Å²) < 4.78 is 17.5. The van der Waals surface area contributed by atoms with Crippen LogP contribution in [0.5, 0.6) is 0 Å². The second-order valence-corrected chi connectivity index (χ2v) is 7.41. The predicted molar refractivity (Wildman–Crippen MR) is 118 cm³/mol. The van der Waals surface area contributed by atoms with E-state index >= 15 is 0 Å². The molecule has 3 heterocycles. The third-order valence-corrected chi connectivity index (χ3v) is 5.41. The van der Waals surface area contributed by atoms with Gasteiger partial charge in [-0.05, 0) is 48.4 Å². The van der Waals surface area contributed by atoms with E-state index in [9.17, 15) is 9.18 Å². The van der Waals surface area contributed by atoms with Gasteiger partial charge < -0.3 is 10.6 Å². The van der Waals surface area contributed by atoms with Crippen molar-refractivity contribution in [2.75, 3.05) is 11.9 Å². The van der Waals surface area contributed by atoms with E-state index in [2.05, 4.69) is 39.3 Å². The molecule has 0 saturated carbocycles. The third-order valence-electron chi connectivity index (χ3n) is 5.41. The Kier molecular flexibility index (Phi) is 4.83. The lowest BCUT2D eigenvalue weighted by molar-refractivity contribution is 0.562. The van der Waals surface area contributed by atoms with E-state index in [1.165, 1.54) is 32.8 Å². The van der Waals surface area contributed by atoms with Crippen molar-refractivity contribution in [2.45, 2.75) is 19.5 Å². The number of aromatic nitrogens is 4. The molecular weight excluding hydrogens is 395 g/mol. The summed E-state index contributed by atoms with van der Waals surface area (Å²) in [5.74, 6) is -0.115. The van der Waals surface area contributed by atoms with Crippen molar-refractivity contribution >= 4 is 22.7 Å². The molecule has 0 spiro atoms. The first-order valence-corrected chi connectivity index (χ1v) is 10.1. The van der Waals surface area contributed by atoms with Crippen LogP contribution >= 0.6 is 0 Å². The minimum Gasteiger partial charge on any atom is -0.324 e. The zero-order valence-electron chi connectivity index (χ0n) is 16.8. The summed E-state index contributed by atoms with van der Waals surface area (Å²) >= 11 is 0. The van der Waals surface area contributed by atoms with Crippen molar-refractivity contribution in [3.63, 3.8) is 0 Å². The Hall–Kier alpha value is -3.78. The van der Waals surface area contributed by atoms with Crippen LogP contribution in [0.15, 0.2) is 66.1 Å². The van der Waals surface area contributed by atoms with Gasteiger partial charge in [0, 0.05) is 18.4 Å². The first kappa shape index (κ1) is 19.2. The summed E-state index contributed by atoms with van der Waals surface area (Å²) in [5.41, 5.74) is 3.70. The fourth-order valence-electron chi connectivity index (χ4n) is 3.93. The number of halogens is 1. The van der Waals surface area contributed by atoms with Gasteiger partial charge in [0.25, 0.3) is 5.56 Å². The zero-order valence-corrected chi connectivity index (χ0v) is 16.8. The lowest BCUT2D eigenvalue weighted by Crippen LogP contribution is -2.23. The summed E-state index contributed by atoms with van der Waals surface area (Å²) in [4.78, 5) is 21.8. The maximum atomic E-state index is 14.6. The van der Waals surface area contributed by atoms with Crippen molar-refractivity contribution in [3.8, 4) is 5.69 Å². The van der Waals surface area contributed by atoms with Crippen LogP contribution in [0, 0.1) is 5.82 Å². The number of rotatable bonds is 5. The van der Waals surface area contributed by atoms with Crippen LogP contribution in [0.4, 0.5) is 16.0 Å². The number of anilines is 2. The summed E-state index contributed by atoms with van der Waals surface area (Å²) in [7, 11) is 0. The molecule has 2 aromatic carbocycles. The number of nitrogens with zero attached hydrogens (tertiary/aromatic N) is 4. The SMILES string of the molecule is C=CCn1c(=O)c2cnc(Nc3ccc4c(c3)CCNC4)nc2n1-c1ccccc1F. The number of hydrogen-bond donors (Lipinski definition) is 2. The van der Waals surface area contributed by atoms with Gasteiger partial charge in [0.15, 0.2) is 5.65 Å². The standard InChI is InChI=1S/C23H21FN6O/c1-2-11-29-22(31)18-14-26-23(27-17-8-7-16-13-25-10-9-15(16)12-17)28-21(18)30(29)20-6-4-3-5-19(20)24/h2-8,12,14,25H,1,9-11,13H2,(H,26,27,28). The summed E-state index contributed by atoms with van der Waals surface area (Å²) in [6, 6.07) is 12.4. The van der Waals surface area contributed by atoms with Crippen molar-refractivity contribution in [1.29, 1.82) is 0 Å². The number of allylic oxidation sites excluding steroid dienone is 1. The van der Waals surface area contributed by atoms with Crippen LogP contribution in [-0.4, -0.2) is 25.9 Å². The second kappa shape index (κ2) is 7.81. The highest BCUT2D eigenvalue weighted by molar-refractivity contribution is 5.77. The van der Waals surface area contributed by atoms with Crippen LogP contribution < -0.4 is 16.2 Å². The molecule has 4 aromatic rings. The molecule has 8 heteroatoms. The van der Waals surface area contributed by atoms with Gasteiger partial charge in [-0.25, -0.2) is 18.7 Å². The highest BCUT2D eigenvalue weighted by Crippen LogP contribution is 2.23. The van der Waals surface area contributed by atoms with E-state index in [4.69, 9.17) is 0 Å². The van der Waals surface area contributed by atoms with Crippen LogP contribution in [-0.2, 0) is 19.5 Å². The van der Waals surface area contributed by atoms with E-state index in [1.54, 1.807) is 24.3 Å². The molecule has 0 atom stereocenters. The average molecular weight is 416 g/mol. The van der Waals surface area contributed by atoms with E-state index in [1.807, 2.05) is 6.07 Å². The highest BCUT2D eigenvalue weighted by Gasteiger charge is 2.19. The molecule has 0 fully saturated rings. The Morgan fingerprint density at radius 1 is 1.23 bits per heavy atom. The highest BCUT2D eigenvalue weighted by atomic mass is 19.1. The predicted octanol–water partition coefficient (Wildman–Crippen LogP) is 3.30. The molecule has 0 unspecified atom stereocenters. The minimum absolute atomic E-state index is 0.213. The van der Waals surface area contributed by atoms with Gasteiger partial charge >= 0.3 is 0 Å². The zero-order chi connectivity index (χ0) is 21.4. The van der Waals surface area contributed by atoms with Crippen LogP contribution in [0.2, 0.25) is 0 Å². The molecule has 156 valence electrons. The fraction of sp³-hybridized carbons (Fsp3) is 0.174. The number of hydrogen-bond acceptors (Lipinski definition) is 5. The van der Waals surface area contributed by atoms with Crippen molar-refractivity contribution in [2.24, 2.45) is 0 Å². The van der Waals surface area contributed by atoms with Gasteiger partial charge in [-0.1, -0.05) is 24.3 Å². The number of benzene rings is 2. The van der Waals surface area contributed by atoms with Crippen LogP contribution in [0.25, 0.3) is 16.7 Å². The van der Waals surface area contributed by atoms with Gasteiger partial charge in [-0.2, -0.15) is 4.98 Å². The van der Waals surface area contributed by atoms with E-state index < -0.39 is 5.82 Å².